The van der Waals surface area contributed by atoms with Crippen molar-refractivity contribution in [2.45, 2.75) is 0 Å². The van der Waals surface area contributed by atoms with Crippen LogP contribution in [0.4, 0.5) is 11.5 Å². The predicted molar refractivity (Wildman–Crippen MR) is 142 cm³/mol. The molecule has 34 heavy (non-hydrogen) atoms. The van der Waals surface area contributed by atoms with Gasteiger partial charge in [0.15, 0.2) is 5.11 Å². The van der Waals surface area contributed by atoms with Gasteiger partial charge in [0.2, 0.25) is 0 Å². The van der Waals surface area contributed by atoms with Gasteiger partial charge >= 0.3 is 0 Å². The summed E-state index contributed by atoms with van der Waals surface area (Å²) in [5.74, 6) is 2.40. The van der Waals surface area contributed by atoms with Crippen LogP contribution in [0.1, 0.15) is 0 Å². The van der Waals surface area contributed by atoms with Crippen molar-refractivity contribution in [2.75, 3.05) is 10.6 Å². The molecule has 0 spiro atoms. The van der Waals surface area contributed by atoms with Crippen LogP contribution in [0, 0.1) is 0 Å². The quantitative estimate of drug-likeness (QED) is 0.263. The molecule has 166 valence electrons. The highest BCUT2D eigenvalue weighted by Gasteiger charge is 2.07. The van der Waals surface area contributed by atoms with Gasteiger partial charge in [0.25, 0.3) is 0 Å². The average Bonchev–Trinajstić information content (AvgIpc) is 3.34. The first-order valence-corrected chi connectivity index (χ1v) is 11.3. The van der Waals surface area contributed by atoms with E-state index in [9.17, 15) is 0 Å². The third-order valence-corrected chi connectivity index (χ3v) is 5.38. The van der Waals surface area contributed by atoms with Gasteiger partial charge in [0, 0.05) is 11.8 Å². The van der Waals surface area contributed by atoms with Crippen molar-refractivity contribution in [3.05, 3.63) is 121 Å². The van der Waals surface area contributed by atoms with Crippen LogP contribution in [-0.4, -0.2) is 14.9 Å². The Balaban J connectivity index is 1.24. The normalized spacial score (nSPS) is 10.5. The van der Waals surface area contributed by atoms with Crippen molar-refractivity contribution in [3.63, 3.8) is 0 Å². The van der Waals surface area contributed by atoms with Crippen LogP contribution in [0.5, 0.6) is 11.5 Å². The number of nitrogens with one attached hydrogen (secondary N) is 2. The molecule has 5 nitrogen and oxygen atoms in total. The Labute approximate surface area is 203 Å². The number of hydrogen-bond acceptors (Lipinski definition) is 3. The first-order valence-electron chi connectivity index (χ1n) is 10.9. The summed E-state index contributed by atoms with van der Waals surface area (Å²) in [5.41, 5.74) is 4.02. The second kappa shape index (κ2) is 10.0. The number of anilines is 2. The lowest BCUT2D eigenvalue weighted by molar-refractivity contribution is 0.483. The molecule has 6 heteroatoms. The molecule has 0 amide bonds. The van der Waals surface area contributed by atoms with Gasteiger partial charge in [-0.15, -0.1) is 0 Å². The molecule has 0 atom stereocenters. The standard InChI is InChI=1S/C28H22N4OS/c34-28(31-27-18-19-29-32(27)24-9-3-1-4-10-24)30-23-16-14-21(15-17-23)22-8-7-13-26(20-22)33-25-11-5-2-6-12-25/h1-20H,(H2,30,31,34). The lowest BCUT2D eigenvalue weighted by atomic mass is 10.1. The van der Waals surface area contributed by atoms with E-state index < -0.39 is 0 Å². The minimum absolute atomic E-state index is 0.490. The first kappa shape index (κ1) is 21.4. The largest absolute Gasteiger partial charge is 0.457 e. The van der Waals surface area contributed by atoms with E-state index in [1.54, 1.807) is 6.20 Å². The van der Waals surface area contributed by atoms with Gasteiger partial charge in [-0.2, -0.15) is 5.10 Å². The van der Waals surface area contributed by atoms with Crippen LogP contribution in [0.3, 0.4) is 0 Å². The van der Waals surface area contributed by atoms with Gasteiger partial charge in [0.05, 0.1) is 11.9 Å². The Bertz CT molecular complexity index is 1380. The van der Waals surface area contributed by atoms with E-state index in [1.165, 1.54) is 0 Å². The smallest absolute Gasteiger partial charge is 0.176 e. The summed E-state index contributed by atoms with van der Waals surface area (Å²) in [4.78, 5) is 0. The molecule has 0 unspecified atom stereocenters. The molecule has 1 aromatic heterocycles. The zero-order valence-corrected chi connectivity index (χ0v) is 19.1. The molecule has 0 aliphatic rings. The molecule has 2 N–H and O–H groups in total. The number of aromatic nitrogens is 2. The number of para-hydroxylation sites is 2. The lowest BCUT2D eigenvalue weighted by Crippen LogP contribution is -2.21. The summed E-state index contributed by atoms with van der Waals surface area (Å²) < 4.78 is 7.77. The van der Waals surface area contributed by atoms with Crippen molar-refractivity contribution in [1.29, 1.82) is 0 Å². The Morgan fingerprint density at radius 1 is 0.676 bits per heavy atom. The molecule has 0 saturated carbocycles. The Morgan fingerprint density at radius 2 is 1.38 bits per heavy atom. The van der Waals surface area contributed by atoms with Crippen molar-refractivity contribution in [1.82, 2.24) is 9.78 Å². The monoisotopic (exact) mass is 462 g/mol. The topological polar surface area (TPSA) is 51.1 Å². The molecular formula is C28H22N4OS. The summed E-state index contributed by atoms with van der Waals surface area (Å²) in [6, 6.07) is 37.7. The van der Waals surface area contributed by atoms with Crippen LogP contribution in [-0.2, 0) is 0 Å². The molecule has 0 bridgehead atoms. The molecule has 1 heterocycles. The van der Waals surface area contributed by atoms with Crippen LogP contribution in [0.2, 0.25) is 0 Å². The van der Waals surface area contributed by atoms with E-state index in [4.69, 9.17) is 17.0 Å². The number of hydrogen-bond donors (Lipinski definition) is 2. The molecular weight excluding hydrogens is 440 g/mol. The molecule has 0 saturated heterocycles. The summed E-state index contributed by atoms with van der Waals surface area (Å²) in [6.07, 6.45) is 1.74. The third-order valence-electron chi connectivity index (χ3n) is 5.17. The minimum atomic E-state index is 0.490. The molecule has 0 aliphatic heterocycles. The van der Waals surface area contributed by atoms with Crippen LogP contribution in [0.15, 0.2) is 121 Å². The van der Waals surface area contributed by atoms with E-state index in [1.807, 2.05) is 102 Å². The van der Waals surface area contributed by atoms with Crippen LogP contribution in [0.25, 0.3) is 16.8 Å². The van der Waals surface area contributed by atoms with Gasteiger partial charge in [-0.05, 0) is 71.9 Å². The maximum atomic E-state index is 5.96. The fraction of sp³-hybridized carbons (Fsp3) is 0. The fourth-order valence-electron chi connectivity index (χ4n) is 3.56. The predicted octanol–water partition coefficient (Wildman–Crippen LogP) is 7.14. The molecule has 0 aliphatic carbocycles. The van der Waals surface area contributed by atoms with E-state index >= 15 is 0 Å². The third kappa shape index (κ3) is 5.14. The zero-order valence-electron chi connectivity index (χ0n) is 18.3. The highest BCUT2D eigenvalue weighted by Crippen LogP contribution is 2.28. The van der Waals surface area contributed by atoms with E-state index in [0.29, 0.717) is 5.11 Å². The van der Waals surface area contributed by atoms with Crippen molar-refractivity contribution < 1.29 is 4.74 Å². The molecule has 5 rings (SSSR count). The second-order valence-electron chi connectivity index (χ2n) is 7.56. The Hall–Kier alpha value is -4.42. The van der Waals surface area contributed by atoms with Gasteiger partial charge < -0.3 is 15.4 Å². The second-order valence-corrected chi connectivity index (χ2v) is 7.97. The number of thiocarbonyl (C=S) groups is 1. The molecule has 5 aromatic rings. The number of benzene rings is 4. The molecule has 4 aromatic carbocycles. The Kier molecular flexibility index (Phi) is 6.31. The summed E-state index contributed by atoms with van der Waals surface area (Å²) in [6.45, 7) is 0. The first-order chi connectivity index (χ1) is 16.7. The van der Waals surface area contributed by atoms with Crippen molar-refractivity contribution in [3.8, 4) is 28.3 Å². The average molecular weight is 463 g/mol. The zero-order chi connectivity index (χ0) is 23.2. The van der Waals surface area contributed by atoms with Crippen molar-refractivity contribution in [2.24, 2.45) is 0 Å². The van der Waals surface area contributed by atoms with Gasteiger partial charge in [-0.1, -0.05) is 60.7 Å². The van der Waals surface area contributed by atoms with E-state index in [0.717, 1.165) is 39.8 Å². The van der Waals surface area contributed by atoms with Crippen LogP contribution < -0.4 is 15.4 Å². The van der Waals surface area contributed by atoms with E-state index in [2.05, 4.69) is 33.9 Å². The van der Waals surface area contributed by atoms with Gasteiger partial charge in [0.1, 0.15) is 17.3 Å². The number of nitrogens with zero attached hydrogens (tertiary/aromatic N) is 2. The summed E-state index contributed by atoms with van der Waals surface area (Å²) in [7, 11) is 0. The maximum Gasteiger partial charge on any atom is 0.176 e. The SMILES string of the molecule is S=C(Nc1ccc(-c2cccc(Oc3ccccc3)c2)cc1)Nc1ccnn1-c1ccccc1. The fourth-order valence-corrected chi connectivity index (χ4v) is 3.78. The Morgan fingerprint density at radius 3 is 2.15 bits per heavy atom. The summed E-state index contributed by atoms with van der Waals surface area (Å²) >= 11 is 5.52. The number of rotatable bonds is 6. The van der Waals surface area contributed by atoms with E-state index in [-0.39, 0.29) is 0 Å². The summed E-state index contributed by atoms with van der Waals surface area (Å²) in [5, 5.41) is 11.3. The van der Waals surface area contributed by atoms with Gasteiger partial charge in [-0.25, -0.2) is 4.68 Å². The molecule has 0 fully saturated rings. The number of ether oxygens (including phenoxy) is 1. The molecule has 0 radical (unpaired) electrons. The van der Waals surface area contributed by atoms with Gasteiger partial charge in [-0.3, -0.25) is 0 Å². The lowest BCUT2D eigenvalue weighted by Gasteiger charge is -2.13. The highest BCUT2D eigenvalue weighted by atomic mass is 32.1. The minimum Gasteiger partial charge on any atom is -0.457 e. The maximum absolute atomic E-state index is 5.96. The van der Waals surface area contributed by atoms with Crippen molar-refractivity contribution >= 4 is 28.8 Å². The highest BCUT2D eigenvalue weighted by molar-refractivity contribution is 7.80. The van der Waals surface area contributed by atoms with Crippen LogP contribution >= 0.6 is 12.2 Å².